The second-order valence-electron chi connectivity index (χ2n) is 5.36. The van der Waals surface area contributed by atoms with Gasteiger partial charge in [0.25, 0.3) is 5.89 Å². The zero-order valence-electron chi connectivity index (χ0n) is 14.9. The Morgan fingerprint density at radius 3 is 2.67 bits per heavy atom. The number of halogens is 1. The topological polar surface area (TPSA) is 79.0 Å². The van der Waals surface area contributed by atoms with Crippen LogP contribution in [0, 0.1) is 0 Å². The lowest BCUT2D eigenvalue weighted by Crippen LogP contribution is -1.96. The van der Waals surface area contributed by atoms with Crippen molar-refractivity contribution in [1.29, 1.82) is 0 Å². The lowest BCUT2D eigenvalue weighted by molar-refractivity contribution is 0.112. The van der Waals surface area contributed by atoms with Crippen molar-refractivity contribution < 1.29 is 18.7 Å². The van der Waals surface area contributed by atoms with Crippen molar-refractivity contribution in [3.05, 3.63) is 58.4 Å². The summed E-state index contributed by atoms with van der Waals surface area (Å²) in [7, 11) is 1.59. The van der Waals surface area contributed by atoms with E-state index in [1.54, 1.807) is 13.3 Å². The van der Waals surface area contributed by atoms with Crippen molar-refractivity contribution in [2.24, 2.45) is 5.16 Å². The second kappa shape index (κ2) is 9.18. The highest BCUT2D eigenvalue weighted by Gasteiger charge is 2.09. The molecule has 0 amide bonds. The molecule has 0 N–H and O–H groups in total. The molecule has 0 saturated carbocycles. The minimum Gasteiger partial charge on any atom is -0.493 e. The van der Waals surface area contributed by atoms with Crippen LogP contribution in [0.2, 0.25) is 0 Å². The van der Waals surface area contributed by atoms with Gasteiger partial charge in [0.1, 0.15) is 0 Å². The largest absolute Gasteiger partial charge is 0.493 e. The third kappa shape index (κ3) is 5.07. The number of hydrogen-bond acceptors (Lipinski definition) is 7. The number of oxime groups is 1. The zero-order chi connectivity index (χ0) is 19.1. The van der Waals surface area contributed by atoms with E-state index in [2.05, 4.69) is 31.3 Å². The van der Waals surface area contributed by atoms with E-state index in [4.69, 9.17) is 18.7 Å². The molecule has 3 aromatic rings. The number of ether oxygens (including phenoxy) is 2. The standard InChI is InChI=1S/C19H18BrN3O4/c1-3-25-16-9-4-13(10-17(16)24-2)11-21-26-12-18-22-23-19(27-18)14-5-7-15(20)8-6-14/h4-11H,3,12H2,1-2H3/b21-11+. The summed E-state index contributed by atoms with van der Waals surface area (Å²) in [6.45, 7) is 2.57. The van der Waals surface area contributed by atoms with Crippen molar-refractivity contribution in [3.8, 4) is 23.0 Å². The van der Waals surface area contributed by atoms with Crippen molar-refractivity contribution in [3.63, 3.8) is 0 Å². The quantitative estimate of drug-likeness (QED) is 0.387. The van der Waals surface area contributed by atoms with Crippen LogP contribution in [0.25, 0.3) is 11.5 Å². The van der Waals surface area contributed by atoms with Crippen LogP contribution in [0.4, 0.5) is 0 Å². The average molecular weight is 432 g/mol. The van der Waals surface area contributed by atoms with Crippen LogP contribution < -0.4 is 9.47 Å². The van der Waals surface area contributed by atoms with E-state index < -0.39 is 0 Å². The van der Waals surface area contributed by atoms with Crippen LogP contribution >= 0.6 is 15.9 Å². The summed E-state index contributed by atoms with van der Waals surface area (Å²) < 4.78 is 17.3. The van der Waals surface area contributed by atoms with Crippen molar-refractivity contribution in [1.82, 2.24) is 10.2 Å². The van der Waals surface area contributed by atoms with E-state index in [1.165, 1.54) is 0 Å². The Hall–Kier alpha value is -2.87. The van der Waals surface area contributed by atoms with Gasteiger partial charge in [-0.25, -0.2) is 0 Å². The van der Waals surface area contributed by atoms with Crippen LogP contribution in [0.5, 0.6) is 11.5 Å². The van der Waals surface area contributed by atoms with E-state index in [0.29, 0.717) is 29.9 Å². The van der Waals surface area contributed by atoms with Gasteiger partial charge in [0.05, 0.1) is 19.9 Å². The van der Waals surface area contributed by atoms with Gasteiger partial charge in [-0.15, -0.1) is 10.2 Å². The number of nitrogens with zero attached hydrogens (tertiary/aromatic N) is 3. The van der Waals surface area contributed by atoms with Crippen LogP contribution in [-0.2, 0) is 11.4 Å². The first-order chi connectivity index (χ1) is 13.2. The van der Waals surface area contributed by atoms with Gasteiger partial charge in [0, 0.05) is 15.6 Å². The Bertz CT molecular complexity index is 910. The Kier molecular flexibility index (Phi) is 6.43. The summed E-state index contributed by atoms with van der Waals surface area (Å²) in [6.07, 6.45) is 1.57. The summed E-state index contributed by atoms with van der Waals surface area (Å²) in [6, 6.07) is 13.1. The van der Waals surface area contributed by atoms with Crippen molar-refractivity contribution >= 4 is 22.1 Å². The monoisotopic (exact) mass is 431 g/mol. The van der Waals surface area contributed by atoms with Gasteiger partial charge in [-0.1, -0.05) is 21.1 Å². The Morgan fingerprint density at radius 2 is 1.93 bits per heavy atom. The SMILES string of the molecule is CCOc1ccc(/C=N/OCc2nnc(-c3ccc(Br)cc3)o2)cc1OC. The number of methoxy groups -OCH3 is 1. The summed E-state index contributed by atoms with van der Waals surface area (Å²) in [5, 5.41) is 11.9. The highest BCUT2D eigenvalue weighted by atomic mass is 79.9. The maximum atomic E-state index is 5.57. The molecule has 8 heteroatoms. The van der Waals surface area contributed by atoms with Gasteiger partial charge in [0.15, 0.2) is 18.1 Å². The van der Waals surface area contributed by atoms with Gasteiger partial charge in [-0.2, -0.15) is 0 Å². The molecule has 0 atom stereocenters. The molecule has 0 fully saturated rings. The highest BCUT2D eigenvalue weighted by Crippen LogP contribution is 2.27. The molecule has 7 nitrogen and oxygen atoms in total. The molecule has 0 unspecified atom stereocenters. The Morgan fingerprint density at radius 1 is 1.11 bits per heavy atom. The molecule has 0 radical (unpaired) electrons. The third-order valence-corrected chi connectivity index (χ3v) is 4.04. The van der Waals surface area contributed by atoms with Crippen molar-refractivity contribution in [2.45, 2.75) is 13.5 Å². The lowest BCUT2D eigenvalue weighted by Gasteiger charge is -2.09. The number of rotatable bonds is 8. The molecule has 0 aliphatic heterocycles. The van der Waals surface area contributed by atoms with E-state index >= 15 is 0 Å². The fourth-order valence-electron chi connectivity index (χ4n) is 2.25. The predicted molar refractivity (Wildman–Crippen MR) is 104 cm³/mol. The Labute approximate surface area is 165 Å². The van der Waals surface area contributed by atoms with Gasteiger partial charge < -0.3 is 18.7 Å². The van der Waals surface area contributed by atoms with Gasteiger partial charge in [-0.05, 0) is 49.4 Å². The van der Waals surface area contributed by atoms with Crippen LogP contribution in [-0.4, -0.2) is 30.1 Å². The number of hydrogen-bond donors (Lipinski definition) is 0. The smallest absolute Gasteiger partial charge is 0.257 e. The molecule has 0 bridgehead atoms. The van der Waals surface area contributed by atoms with Crippen LogP contribution in [0.1, 0.15) is 18.4 Å². The zero-order valence-corrected chi connectivity index (χ0v) is 16.5. The summed E-state index contributed by atoms with van der Waals surface area (Å²) in [5.74, 6) is 2.09. The highest BCUT2D eigenvalue weighted by molar-refractivity contribution is 9.10. The first-order valence-electron chi connectivity index (χ1n) is 8.24. The molecule has 2 aromatic carbocycles. The maximum absolute atomic E-state index is 5.57. The van der Waals surface area contributed by atoms with E-state index in [1.807, 2.05) is 49.4 Å². The lowest BCUT2D eigenvalue weighted by atomic mass is 10.2. The summed E-state index contributed by atoms with van der Waals surface area (Å²) in [4.78, 5) is 5.24. The van der Waals surface area contributed by atoms with Crippen LogP contribution in [0.15, 0.2) is 56.5 Å². The number of benzene rings is 2. The third-order valence-electron chi connectivity index (χ3n) is 3.51. The fraction of sp³-hybridized carbons (Fsp3) is 0.211. The molecule has 1 aromatic heterocycles. The van der Waals surface area contributed by atoms with Gasteiger partial charge in [-0.3, -0.25) is 0 Å². The normalized spacial score (nSPS) is 10.9. The minimum absolute atomic E-state index is 0.0776. The molecule has 27 heavy (non-hydrogen) atoms. The minimum atomic E-state index is 0.0776. The molecule has 0 aliphatic rings. The molecule has 0 spiro atoms. The molecular formula is C19H18BrN3O4. The van der Waals surface area contributed by atoms with E-state index in [-0.39, 0.29) is 6.61 Å². The molecule has 1 heterocycles. The molecular weight excluding hydrogens is 414 g/mol. The molecule has 0 saturated heterocycles. The fourth-order valence-corrected chi connectivity index (χ4v) is 2.52. The molecule has 140 valence electrons. The first-order valence-corrected chi connectivity index (χ1v) is 9.03. The van der Waals surface area contributed by atoms with Gasteiger partial charge in [0.2, 0.25) is 5.89 Å². The Balaban J connectivity index is 1.57. The van der Waals surface area contributed by atoms with Crippen LogP contribution in [0.3, 0.4) is 0 Å². The van der Waals surface area contributed by atoms with Gasteiger partial charge >= 0.3 is 0 Å². The average Bonchev–Trinajstić information content (AvgIpc) is 3.16. The molecule has 0 aliphatic carbocycles. The molecule has 3 rings (SSSR count). The summed E-state index contributed by atoms with van der Waals surface area (Å²) in [5.41, 5.74) is 1.65. The summed E-state index contributed by atoms with van der Waals surface area (Å²) >= 11 is 3.39. The van der Waals surface area contributed by atoms with Crippen molar-refractivity contribution in [2.75, 3.05) is 13.7 Å². The number of aromatic nitrogens is 2. The second-order valence-corrected chi connectivity index (χ2v) is 6.27. The predicted octanol–water partition coefficient (Wildman–Crippen LogP) is 4.46. The van der Waals surface area contributed by atoms with E-state index in [9.17, 15) is 0 Å². The van der Waals surface area contributed by atoms with E-state index in [0.717, 1.165) is 15.6 Å². The first kappa shape index (κ1) is 18.9. The maximum Gasteiger partial charge on any atom is 0.257 e.